The highest BCUT2D eigenvalue weighted by Gasteiger charge is 2.17. The van der Waals surface area contributed by atoms with Gasteiger partial charge in [0.25, 0.3) is 5.56 Å². The number of anilines is 3. The fourth-order valence-electron chi connectivity index (χ4n) is 3.12. The summed E-state index contributed by atoms with van der Waals surface area (Å²) < 4.78 is 0. The number of hydrogen-bond donors (Lipinski definition) is 3. The second-order valence-corrected chi connectivity index (χ2v) is 7.11. The van der Waals surface area contributed by atoms with E-state index in [0.717, 1.165) is 17.7 Å². The van der Waals surface area contributed by atoms with Crippen LogP contribution in [0.4, 0.5) is 17.5 Å². The molecule has 0 aliphatic heterocycles. The van der Waals surface area contributed by atoms with Gasteiger partial charge in [-0.15, -0.1) is 0 Å². The van der Waals surface area contributed by atoms with E-state index in [0.29, 0.717) is 22.0 Å². The van der Waals surface area contributed by atoms with Gasteiger partial charge in [0, 0.05) is 30.1 Å². The van der Waals surface area contributed by atoms with Crippen molar-refractivity contribution in [3.8, 4) is 0 Å². The van der Waals surface area contributed by atoms with E-state index >= 15 is 0 Å². The number of benzene rings is 2. The van der Waals surface area contributed by atoms with E-state index in [-0.39, 0.29) is 17.5 Å². The van der Waals surface area contributed by atoms with Gasteiger partial charge in [-0.25, -0.2) is 0 Å². The zero-order chi connectivity index (χ0) is 21.7. The molecule has 0 aliphatic rings. The van der Waals surface area contributed by atoms with Gasteiger partial charge in [0.2, 0.25) is 5.95 Å². The van der Waals surface area contributed by atoms with Gasteiger partial charge in [-0.1, -0.05) is 41.9 Å². The van der Waals surface area contributed by atoms with Crippen molar-refractivity contribution in [3.05, 3.63) is 86.8 Å². The largest absolute Gasteiger partial charge is 0.369 e. The van der Waals surface area contributed by atoms with Crippen molar-refractivity contribution in [2.24, 2.45) is 0 Å². The number of aromatic nitrogens is 2. The van der Waals surface area contributed by atoms with Crippen molar-refractivity contribution < 1.29 is 4.79 Å². The summed E-state index contributed by atoms with van der Waals surface area (Å²) in [5.41, 5.74) is 8.17. The molecule has 0 amide bonds. The number of para-hydroxylation sites is 1. The molecular weight excluding hydrogens is 402 g/mol. The number of nitrogens with two attached hydrogens (primary N) is 1. The minimum atomic E-state index is -0.350. The second-order valence-electron chi connectivity index (χ2n) is 6.71. The molecule has 30 heavy (non-hydrogen) atoms. The van der Waals surface area contributed by atoms with Crippen LogP contribution in [0.5, 0.6) is 0 Å². The van der Waals surface area contributed by atoms with Gasteiger partial charge < -0.3 is 16.0 Å². The van der Waals surface area contributed by atoms with Crippen molar-refractivity contribution in [2.45, 2.75) is 13.0 Å². The van der Waals surface area contributed by atoms with Crippen LogP contribution in [-0.2, 0) is 0 Å². The number of aldehydes is 1. The standard InChI is InChI=1S/C22H22ClN5O2/c1-14(25-20-12-21(30)27-22(24)26-20)19(28(2)16-8-4-3-5-9-16)11-15-7-6-10-18(23)17(15)13-29/h3-14H,1-2H3,(H4,24,25,26,27,30)/b19-11-/t14-/m0/s1. The molecule has 3 rings (SSSR count). The molecule has 0 bridgehead atoms. The van der Waals surface area contributed by atoms with Crippen LogP contribution in [0.1, 0.15) is 22.8 Å². The Morgan fingerprint density at radius 1 is 1.23 bits per heavy atom. The van der Waals surface area contributed by atoms with Crippen LogP contribution >= 0.6 is 11.6 Å². The summed E-state index contributed by atoms with van der Waals surface area (Å²) in [4.78, 5) is 31.9. The number of nitrogens with zero attached hydrogens (tertiary/aromatic N) is 2. The van der Waals surface area contributed by atoms with Crippen LogP contribution < -0.4 is 21.5 Å². The fourth-order valence-corrected chi connectivity index (χ4v) is 3.35. The van der Waals surface area contributed by atoms with E-state index in [2.05, 4.69) is 15.3 Å². The van der Waals surface area contributed by atoms with Crippen LogP contribution in [0, 0.1) is 0 Å². The Morgan fingerprint density at radius 3 is 2.63 bits per heavy atom. The van der Waals surface area contributed by atoms with Crippen LogP contribution in [0.15, 0.2) is 65.1 Å². The molecule has 8 heteroatoms. The lowest BCUT2D eigenvalue weighted by Gasteiger charge is -2.29. The molecule has 0 aliphatic carbocycles. The number of carbonyl (C=O) groups is 1. The lowest BCUT2D eigenvalue weighted by atomic mass is 10.0. The van der Waals surface area contributed by atoms with E-state index in [9.17, 15) is 9.59 Å². The molecule has 7 nitrogen and oxygen atoms in total. The summed E-state index contributed by atoms with van der Waals surface area (Å²) in [5, 5.41) is 3.58. The zero-order valence-electron chi connectivity index (χ0n) is 16.6. The number of hydrogen-bond acceptors (Lipinski definition) is 6. The average Bonchev–Trinajstić information content (AvgIpc) is 2.71. The summed E-state index contributed by atoms with van der Waals surface area (Å²) in [5.74, 6) is 0.370. The Labute approximate surface area is 179 Å². The summed E-state index contributed by atoms with van der Waals surface area (Å²) in [6, 6.07) is 16.1. The van der Waals surface area contributed by atoms with E-state index in [1.165, 1.54) is 6.07 Å². The second kappa shape index (κ2) is 9.28. The molecule has 0 unspecified atom stereocenters. The normalized spacial score (nSPS) is 12.3. The fraction of sp³-hybridized carbons (Fsp3) is 0.136. The van der Waals surface area contributed by atoms with E-state index in [4.69, 9.17) is 17.3 Å². The van der Waals surface area contributed by atoms with E-state index in [1.807, 2.05) is 61.3 Å². The lowest BCUT2D eigenvalue weighted by Crippen LogP contribution is -2.31. The first-order chi connectivity index (χ1) is 14.4. The van der Waals surface area contributed by atoms with Crippen molar-refractivity contribution in [3.63, 3.8) is 0 Å². The Hall–Kier alpha value is -3.58. The van der Waals surface area contributed by atoms with E-state index in [1.54, 1.807) is 12.1 Å². The third kappa shape index (κ3) is 4.87. The third-order valence-electron chi connectivity index (χ3n) is 4.61. The molecule has 1 aromatic heterocycles. The molecule has 3 aromatic rings. The van der Waals surface area contributed by atoms with Gasteiger partial charge in [-0.2, -0.15) is 4.98 Å². The zero-order valence-corrected chi connectivity index (χ0v) is 17.4. The number of nitrogen functional groups attached to an aromatic ring is 1. The quantitative estimate of drug-likeness (QED) is 0.499. The first-order valence-corrected chi connectivity index (χ1v) is 9.64. The maximum Gasteiger partial charge on any atom is 0.254 e. The first kappa shape index (κ1) is 21.1. The highest BCUT2D eigenvalue weighted by Crippen LogP contribution is 2.26. The van der Waals surface area contributed by atoms with Crippen LogP contribution in [0.2, 0.25) is 5.02 Å². The van der Waals surface area contributed by atoms with E-state index < -0.39 is 0 Å². The minimum Gasteiger partial charge on any atom is -0.369 e. The average molecular weight is 424 g/mol. The highest BCUT2D eigenvalue weighted by molar-refractivity contribution is 6.33. The van der Waals surface area contributed by atoms with Crippen molar-refractivity contribution in [1.82, 2.24) is 9.97 Å². The maximum absolute atomic E-state index is 11.7. The molecule has 154 valence electrons. The van der Waals surface area contributed by atoms with Crippen molar-refractivity contribution in [1.29, 1.82) is 0 Å². The SMILES string of the molecule is C[C@H](Nc1cc(=O)[nH]c(N)n1)/C(=C/c1cccc(Cl)c1C=O)N(C)c1ccccc1. The number of H-pyrrole nitrogens is 1. The number of halogens is 1. The molecule has 0 saturated heterocycles. The molecule has 0 spiro atoms. The number of aromatic amines is 1. The Morgan fingerprint density at radius 2 is 1.97 bits per heavy atom. The van der Waals surface area contributed by atoms with Gasteiger partial charge in [-0.3, -0.25) is 14.6 Å². The van der Waals surface area contributed by atoms with Gasteiger partial charge in [-0.05, 0) is 36.8 Å². The van der Waals surface area contributed by atoms with Crippen LogP contribution in [0.25, 0.3) is 6.08 Å². The van der Waals surface area contributed by atoms with Crippen LogP contribution in [0.3, 0.4) is 0 Å². The molecule has 4 N–H and O–H groups in total. The predicted molar refractivity (Wildman–Crippen MR) is 122 cm³/mol. The Kier molecular flexibility index (Phi) is 6.54. The monoisotopic (exact) mass is 423 g/mol. The topological polar surface area (TPSA) is 104 Å². The molecule has 1 heterocycles. The number of nitrogens with one attached hydrogen (secondary N) is 2. The lowest BCUT2D eigenvalue weighted by molar-refractivity contribution is 0.112. The molecule has 1 atom stereocenters. The van der Waals surface area contributed by atoms with Gasteiger partial charge in [0.15, 0.2) is 6.29 Å². The smallest absolute Gasteiger partial charge is 0.254 e. The molecule has 2 aromatic carbocycles. The summed E-state index contributed by atoms with van der Waals surface area (Å²) in [6.45, 7) is 1.93. The van der Waals surface area contributed by atoms with Gasteiger partial charge >= 0.3 is 0 Å². The predicted octanol–water partition coefficient (Wildman–Crippen LogP) is 3.80. The summed E-state index contributed by atoms with van der Waals surface area (Å²) >= 11 is 6.20. The highest BCUT2D eigenvalue weighted by atomic mass is 35.5. The minimum absolute atomic E-state index is 0.0252. The van der Waals surface area contributed by atoms with Gasteiger partial charge in [0.05, 0.1) is 11.1 Å². The maximum atomic E-state index is 11.7. The summed E-state index contributed by atoms with van der Waals surface area (Å²) in [7, 11) is 1.92. The van der Waals surface area contributed by atoms with Crippen LogP contribution in [-0.4, -0.2) is 29.3 Å². The third-order valence-corrected chi connectivity index (χ3v) is 4.94. The molecule has 0 fully saturated rings. The number of rotatable bonds is 7. The Bertz CT molecular complexity index is 1130. The molecule has 0 saturated carbocycles. The molecule has 0 radical (unpaired) electrons. The van der Waals surface area contributed by atoms with Crippen molar-refractivity contribution >= 4 is 41.4 Å². The van der Waals surface area contributed by atoms with Gasteiger partial charge in [0.1, 0.15) is 5.82 Å². The first-order valence-electron chi connectivity index (χ1n) is 9.26. The summed E-state index contributed by atoms with van der Waals surface area (Å²) in [6.07, 6.45) is 2.63. The van der Waals surface area contributed by atoms with Crippen molar-refractivity contribution in [2.75, 3.05) is 23.0 Å². The molecular formula is C22H22ClN5O2. The Balaban J connectivity index is 2.06. The number of likely N-dealkylation sites (N-methyl/N-ethyl adjacent to an activating group) is 1. The number of carbonyl (C=O) groups excluding carboxylic acids is 1.